The summed E-state index contributed by atoms with van der Waals surface area (Å²) >= 11 is 0. The molecule has 2 saturated heterocycles. The molecule has 0 aliphatic carbocycles. The van der Waals surface area contributed by atoms with Crippen LogP contribution in [-0.4, -0.2) is 113 Å². The van der Waals surface area contributed by atoms with Crippen molar-refractivity contribution in [2.45, 2.75) is 37.8 Å². The van der Waals surface area contributed by atoms with Gasteiger partial charge in [0.15, 0.2) is 0 Å². The molecule has 14 nitrogen and oxygen atoms in total. The van der Waals surface area contributed by atoms with Crippen LogP contribution >= 0.6 is 0 Å². The lowest BCUT2D eigenvalue weighted by atomic mass is 10.0. The first kappa shape index (κ1) is 29.7. The predicted molar refractivity (Wildman–Crippen MR) is 144 cm³/mol. The van der Waals surface area contributed by atoms with E-state index in [1.54, 1.807) is 12.1 Å². The topological polar surface area (TPSA) is 176 Å². The van der Waals surface area contributed by atoms with Crippen LogP contribution in [0.4, 0.5) is 5.69 Å². The molecule has 1 unspecified atom stereocenters. The summed E-state index contributed by atoms with van der Waals surface area (Å²) < 4.78 is 39.6. The highest BCUT2D eigenvalue weighted by Crippen LogP contribution is 2.32. The molecule has 40 heavy (non-hydrogen) atoms. The van der Waals surface area contributed by atoms with E-state index in [-0.39, 0.29) is 63.0 Å². The largest absolute Gasteiger partial charge is 0.382 e. The second kappa shape index (κ2) is 13.4. The summed E-state index contributed by atoms with van der Waals surface area (Å²) in [6.45, 7) is 5.86. The highest BCUT2D eigenvalue weighted by atomic mass is 32.2. The molecule has 0 aromatic heterocycles. The van der Waals surface area contributed by atoms with E-state index in [9.17, 15) is 27.6 Å². The zero-order valence-corrected chi connectivity index (χ0v) is 22.9. The molecule has 2 fully saturated rings. The number of ether oxygens (including phenoxy) is 2. The molecule has 4 rings (SSSR count). The maximum absolute atomic E-state index is 13.1. The van der Waals surface area contributed by atoms with Gasteiger partial charge >= 0.3 is 0 Å². The molecule has 1 aromatic rings. The summed E-state index contributed by atoms with van der Waals surface area (Å²) in [5.74, 6) is -2.23. The van der Waals surface area contributed by atoms with Crippen LogP contribution in [0.2, 0.25) is 0 Å². The molecule has 0 bridgehead atoms. The minimum Gasteiger partial charge on any atom is -0.382 e. The zero-order valence-electron chi connectivity index (χ0n) is 22.1. The van der Waals surface area contributed by atoms with Gasteiger partial charge in [0.2, 0.25) is 11.8 Å². The van der Waals surface area contributed by atoms with Crippen LogP contribution in [0.3, 0.4) is 0 Å². The van der Waals surface area contributed by atoms with Gasteiger partial charge in [-0.15, -0.1) is 0 Å². The molecule has 15 heteroatoms. The summed E-state index contributed by atoms with van der Waals surface area (Å²) in [7, 11) is -3.55. The van der Waals surface area contributed by atoms with Crippen molar-refractivity contribution in [2.75, 3.05) is 57.9 Å². The molecular weight excluding hydrogens is 544 g/mol. The van der Waals surface area contributed by atoms with Gasteiger partial charge in [-0.05, 0) is 38.1 Å². The highest BCUT2D eigenvalue weighted by Gasteiger charge is 2.45. The van der Waals surface area contributed by atoms with E-state index in [0.717, 1.165) is 4.90 Å². The molecular formula is C25H34N6O8S. The predicted octanol–water partition coefficient (Wildman–Crippen LogP) is -0.468. The Balaban J connectivity index is 1.13. The van der Waals surface area contributed by atoms with Gasteiger partial charge < -0.3 is 14.8 Å². The Bertz CT molecular complexity index is 1250. The molecule has 0 radical (unpaired) electrons. The fourth-order valence-corrected chi connectivity index (χ4v) is 6.06. The van der Waals surface area contributed by atoms with Gasteiger partial charge in [-0.1, -0.05) is 6.07 Å². The summed E-state index contributed by atoms with van der Waals surface area (Å²) in [6.07, 6.45) is 1.47. The van der Waals surface area contributed by atoms with E-state index in [1.807, 2.05) is 0 Å². The monoisotopic (exact) mass is 578 g/mol. The second-order valence-electron chi connectivity index (χ2n) is 9.54. The molecule has 218 valence electrons. The number of carbonyl (C=O) groups is 4. The maximum atomic E-state index is 13.1. The van der Waals surface area contributed by atoms with Crippen molar-refractivity contribution in [3.8, 4) is 0 Å². The maximum Gasteiger partial charge on any atom is 0.279 e. The summed E-state index contributed by atoms with van der Waals surface area (Å²) in [6, 6.07) is 3.93. The van der Waals surface area contributed by atoms with Crippen molar-refractivity contribution in [1.82, 2.24) is 19.2 Å². The fourth-order valence-electron chi connectivity index (χ4n) is 4.84. The van der Waals surface area contributed by atoms with Gasteiger partial charge in [-0.3, -0.25) is 34.4 Å². The number of carbonyl (C=O) groups excluding carboxylic acids is 4. The van der Waals surface area contributed by atoms with Crippen LogP contribution in [-0.2, 0) is 29.3 Å². The summed E-state index contributed by atoms with van der Waals surface area (Å²) in [4.78, 5) is 54.6. The average molecular weight is 579 g/mol. The van der Waals surface area contributed by atoms with Gasteiger partial charge in [0.1, 0.15) is 6.04 Å². The molecule has 0 saturated carbocycles. The number of amides is 4. The van der Waals surface area contributed by atoms with Crippen molar-refractivity contribution < 1.29 is 37.1 Å². The van der Waals surface area contributed by atoms with Gasteiger partial charge in [0, 0.05) is 38.3 Å². The molecule has 1 aromatic carbocycles. The Morgan fingerprint density at radius 2 is 1.68 bits per heavy atom. The molecule has 3 aliphatic heterocycles. The van der Waals surface area contributed by atoms with Crippen molar-refractivity contribution in [2.24, 2.45) is 4.99 Å². The molecule has 1 atom stereocenters. The number of hydrogen-bond acceptors (Lipinski definition) is 10. The van der Waals surface area contributed by atoms with Gasteiger partial charge in [-0.25, -0.2) is 0 Å². The Morgan fingerprint density at radius 3 is 2.35 bits per heavy atom. The number of imide groups is 2. The van der Waals surface area contributed by atoms with Crippen LogP contribution < -0.4 is 15.4 Å². The smallest absolute Gasteiger partial charge is 0.279 e. The van der Waals surface area contributed by atoms with Crippen molar-refractivity contribution in [3.05, 3.63) is 29.3 Å². The number of hydrogen-bond donors (Lipinski definition) is 3. The molecule has 3 aliphatic rings. The third-order valence-corrected chi connectivity index (χ3v) is 8.57. The van der Waals surface area contributed by atoms with Crippen molar-refractivity contribution in [3.63, 3.8) is 0 Å². The fraction of sp³-hybridized carbons (Fsp3) is 0.560. The van der Waals surface area contributed by atoms with Crippen LogP contribution in [0.5, 0.6) is 0 Å². The quantitative estimate of drug-likeness (QED) is 0.150. The summed E-state index contributed by atoms with van der Waals surface area (Å²) in [5.41, 5.74) is 0.829. The Labute approximate surface area is 232 Å². The van der Waals surface area contributed by atoms with Gasteiger partial charge in [0.05, 0.1) is 43.6 Å². The second-order valence-corrected chi connectivity index (χ2v) is 11.3. The standard InChI is InChI=1S/C25H34N6O8S/c1-26-17-7-11-30(12-8-17)40(36,37)28-10-14-39-16-15-38-13-9-27-19-4-2-3-18-22(19)25(35)31(24(18)34)20-5-6-21(32)29-23(20)33/h2-4,17,20,27-28H,1,5-16H2,(H,29,32,33). The number of anilines is 1. The van der Waals surface area contributed by atoms with Crippen molar-refractivity contribution >= 4 is 46.2 Å². The van der Waals surface area contributed by atoms with Gasteiger partial charge in [0.25, 0.3) is 22.0 Å². The Kier molecular flexibility index (Phi) is 9.97. The van der Waals surface area contributed by atoms with Crippen LogP contribution in [0.1, 0.15) is 46.4 Å². The number of nitrogens with one attached hydrogen (secondary N) is 3. The zero-order chi connectivity index (χ0) is 28.7. The lowest BCUT2D eigenvalue weighted by Gasteiger charge is -2.29. The minimum absolute atomic E-state index is 0.0546. The number of aliphatic imine (C=N–C) groups is 1. The number of benzene rings is 1. The highest BCUT2D eigenvalue weighted by molar-refractivity contribution is 7.87. The molecule has 3 heterocycles. The van der Waals surface area contributed by atoms with Crippen LogP contribution in [0.25, 0.3) is 0 Å². The third-order valence-electron chi connectivity index (χ3n) is 6.95. The van der Waals surface area contributed by atoms with Crippen LogP contribution in [0.15, 0.2) is 23.2 Å². The number of piperidine rings is 2. The van der Waals surface area contributed by atoms with E-state index in [2.05, 4.69) is 27.1 Å². The first-order chi connectivity index (χ1) is 19.2. The average Bonchev–Trinajstić information content (AvgIpc) is 3.20. The third kappa shape index (κ3) is 6.90. The molecule has 3 N–H and O–H groups in total. The molecule has 0 spiro atoms. The Morgan fingerprint density at radius 1 is 0.975 bits per heavy atom. The van der Waals surface area contributed by atoms with E-state index < -0.39 is 39.9 Å². The normalized spacial score (nSPS) is 20.5. The van der Waals surface area contributed by atoms with Crippen LogP contribution in [0, 0.1) is 0 Å². The lowest BCUT2D eigenvalue weighted by Crippen LogP contribution is -2.54. The van der Waals surface area contributed by atoms with E-state index in [0.29, 0.717) is 38.2 Å². The molecule has 4 amide bonds. The minimum atomic E-state index is -3.55. The SMILES string of the molecule is C=NC1CCN(S(=O)(=O)NCCOCCOCCNc2cccc3c2C(=O)N(C2CCC(=O)NC2=O)C3=O)CC1. The number of rotatable bonds is 14. The van der Waals surface area contributed by atoms with E-state index in [1.165, 1.54) is 10.4 Å². The first-order valence-corrected chi connectivity index (χ1v) is 14.6. The number of nitrogens with zero attached hydrogens (tertiary/aromatic N) is 3. The van der Waals surface area contributed by atoms with Crippen molar-refractivity contribution in [1.29, 1.82) is 0 Å². The van der Waals surface area contributed by atoms with Gasteiger partial charge in [-0.2, -0.15) is 17.4 Å². The van der Waals surface area contributed by atoms with E-state index in [4.69, 9.17) is 9.47 Å². The number of fused-ring (bicyclic) bond motifs is 1. The van der Waals surface area contributed by atoms with E-state index >= 15 is 0 Å². The Hall–Kier alpha value is -3.24. The first-order valence-electron chi connectivity index (χ1n) is 13.2. The lowest BCUT2D eigenvalue weighted by molar-refractivity contribution is -0.136. The summed E-state index contributed by atoms with van der Waals surface area (Å²) in [5, 5.41) is 5.27.